The number of benzene rings is 1. The van der Waals surface area contributed by atoms with Gasteiger partial charge in [0.05, 0.1) is 23.7 Å². The molecule has 4 rings (SSSR count). The third-order valence-electron chi connectivity index (χ3n) is 5.21. The van der Waals surface area contributed by atoms with E-state index >= 15 is 0 Å². The molecule has 2 bridgehead atoms. The lowest BCUT2D eigenvalue weighted by Crippen LogP contribution is -2.56. The molecule has 11 heteroatoms. The first kappa shape index (κ1) is 20.9. The summed E-state index contributed by atoms with van der Waals surface area (Å²) in [5.74, 6) is -1.58. The van der Waals surface area contributed by atoms with Crippen LogP contribution in [0.15, 0.2) is 23.4 Å². The fourth-order valence-corrected chi connectivity index (χ4v) is 4.35. The van der Waals surface area contributed by atoms with Gasteiger partial charge in [-0.25, -0.2) is 27.2 Å². The molecule has 162 valence electrons. The maximum absolute atomic E-state index is 14.4. The Bertz CT molecular complexity index is 1030. The monoisotopic (exact) mass is 440 g/mol. The quantitative estimate of drug-likeness (QED) is 0.729. The first-order valence-electron chi connectivity index (χ1n) is 9.49. The lowest BCUT2D eigenvalue weighted by molar-refractivity contribution is -0.0134. The number of fused-ring (bicyclic) bond motifs is 2. The van der Waals surface area contributed by atoms with Gasteiger partial charge in [-0.15, -0.1) is 0 Å². The van der Waals surface area contributed by atoms with Gasteiger partial charge in [-0.2, -0.15) is 0 Å². The highest BCUT2D eigenvalue weighted by Gasteiger charge is 2.33. The van der Waals surface area contributed by atoms with E-state index in [4.69, 9.17) is 9.47 Å². The van der Waals surface area contributed by atoms with Crippen molar-refractivity contribution in [1.82, 2.24) is 15.3 Å². The molecule has 2 N–H and O–H groups in total. The number of sulfone groups is 1. The van der Waals surface area contributed by atoms with E-state index in [0.29, 0.717) is 24.7 Å². The molecule has 0 amide bonds. The fourth-order valence-electron chi connectivity index (χ4n) is 3.72. The second-order valence-corrected chi connectivity index (χ2v) is 9.64. The van der Waals surface area contributed by atoms with E-state index in [-0.39, 0.29) is 24.0 Å². The van der Waals surface area contributed by atoms with Crippen molar-refractivity contribution in [3.8, 4) is 5.88 Å². The van der Waals surface area contributed by atoms with Gasteiger partial charge in [0.15, 0.2) is 21.5 Å². The molecule has 30 heavy (non-hydrogen) atoms. The molecule has 3 heterocycles. The van der Waals surface area contributed by atoms with Gasteiger partial charge in [-0.05, 0) is 19.1 Å². The summed E-state index contributed by atoms with van der Waals surface area (Å²) in [4.78, 5) is 7.78. The van der Waals surface area contributed by atoms with Gasteiger partial charge in [0, 0.05) is 31.2 Å². The predicted molar refractivity (Wildman–Crippen MR) is 105 cm³/mol. The van der Waals surface area contributed by atoms with E-state index in [0.717, 1.165) is 31.2 Å². The van der Waals surface area contributed by atoms with Crippen molar-refractivity contribution in [3.63, 3.8) is 0 Å². The van der Waals surface area contributed by atoms with Crippen LogP contribution < -0.4 is 15.4 Å². The van der Waals surface area contributed by atoms with Crippen LogP contribution in [0.3, 0.4) is 0 Å². The molecule has 2 fully saturated rings. The van der Waals surface area contributed by atoms with Crippen molar-refractivity contribution in [2.75, 3.05) is 24.8 Å². The first-order chi connectivity index (χ1) is 14.2. The number of halogens is 2. The average molecular weight is 440 g/mol. The maximum Gasteiger partial charge on any atom is 0.221 e. The molecule has 8 nitrogen and oxygen atoms in total. The summed E-state index contributed by atoms with van der Waals surface area (Å²) in [6.07, 6.45) is 3.59. The van der Waals surface area contributed by atoms with Crippen LogP contribution in [0.4, 0.5) is 20.3 Å². The van der Waals surface area contributed by atoms with Gasteiger partial charge in [0.2, 0.25) is 5.88 Å². The van der Waals surface area contributed by atoms with Crippen LogP contribution in [-0.4, -0.2) is 56.0 Å². The zero-order valence-corrected chi connectivity index (χ0v) is 17.3. The number of aromatic nitrogens is 2. The minimum atomic E-state index is -3.74. The largest absolute Gasteiger partial charge is 0.474 e. The van der Waals surface area contributed by atoms with Gasteiger partial charge >= 0.3 is 0 Å². The Morgan fingerprint density at radius 3 is 2.40 bits per heavy atom. The molecular weight excluding hydrogens is 418 g/mol. The Morgan fingerprint density at radius 1 is 1.17 bits per heavy atom. The summed E-state index contributed by atoms with van der Waals surface area (Å²) in [6.45, 7) is 2.95. The van der Waals surface area contributed by atoms with Crippen molar-refractivity contribution in [2.24, 2.45) is 0 Å². The number of piperidine rings is 1. The number of hydrogen-bond acceptors (Lipinski definition) is 8. The van der Waals surface area contributed by atoms with Crippen LogP contribution in [0.25, 0.3) is 0 Å². The molecule has 2 saturated heterocycles. The Kier molecular flexibility index (Phi) is 5.60. The molecule has 0 aliphatic carbocycles. The third-order valence-corrected chi connectivity index (χ3v) is 6.30. The average Bonchev–Trinajstić information content (AvgIpc) is 2.66. The molecule has 2 aromatic rings. The third kappa shape index (κ3) is 4.37. The maximum atomic E-state index is 14.4. The SMILES string of the molecule is Cc1c(Nc2c(F)cc(S(C)(=O)=O)cc2F)ncnc1OC1CC2COCC(C1)N2. The molecule has 0 saturated carbocycles. The molecular formula is C19H22F2N4O4S. The Balaban J connectivity index is 1.55. The van der Waals surface area contributed by atoms with E-state index in [1.54, 1.807) is 6.92 Å². The number of rotatable bonds is 5. The lowest BCUT2D eigenvalue weighted by atomic mass is 9.95. The minimum absolute atomic E-state index is 0.0610. The van der Waals surface area contributed by atoms with Crippen LogP contribution in [0.5, 0.6) is 5.88 Å². The summed E-state index contributed by atoms with van der Waals surface area (Å²) >= 11 is 0. The highest BCUT2D eigenvalue weighted by atomic mass is 32.2. The van der Waals surface area contributed by atoms with Gasteiger partial charge < -0.3 is 20.1 Å². The topological polar surface area (TPSA) is 102 Å². The molecule has 1 aromatic heterocycles. The lowest BCUT2D eigenvalue weighted by Gasteiger charge is -2.39. The Hall–Kier alpha value is -2.37. The second kappa shape index (κ2) is 8.05. The fraction of sp³-hybridized carbons (Fsp3) is 0.474. The van der Waals surface area contributed by atoms with Crippen LogP contribution in [0.2, 0.25) is 0 Å². The molecule has 0 spiro atoms. The van der Waals surface area contributed by atoms with E-state index in [9.17, 15) is 17.2 Å². The molecule has 1 aromatic carbocycles. The standard InChI is InChI=1S/C19H22F2N4O4S/c1-10-18(25-17-15(20)5-14(6-16(17)21)30(2,26)27)22-9-23-19(10)29-13-3-11-7-28-8-12(4-13)24-11/h5-6,9,11-13,24H,3-4,7-8H2,1-2H3,(H,22,23,25). The number of nitrogens with one attached hydrogen (secondary N) is 2. The van der Waals surface area contributed by atoms with Crippen LogP contribution >= 0.6 is 0 Å². The van der Waals surface area contributed by atoms with E-state index < -0.39 is 32.1 Å². The minimum Gasteiger partial charge on any atom is -0.474 e. The smallest absolute Gasteiger partial charge is 0.221 e. The van der Waals surface area contributed by atoms with Gasteiger partial charge in [-0.3, -0.25) is 0 Å². The number of anilines is 2. The Labute approximate surface area is 172 Å². The molecule has 2 unspecified atom stereocenters. The number of morpholine rings is 1. The summed E-state index contributed by atoms with van der Waals surface area (Å²) in [5, 5.41) is 6.08. The van der Waals surface area contributed by atoms with Crippen LogP contribution in [0.1, 0.15) is 18.4 Å². The highest BCUT2D eigenvalue weighted by molar-refractivity contribution is 7.90. The van der Waals surface area contributed by atoms with Gasteiger partial charge in [-0.1, -0.05) is 0 Å². The van der Waals surface area contributed by atoms with Crippen molar-refractivity contribution < 1.29 is 26.7 Å². The van der Waals surface area contributed by atoms with Crippen molar-refractivity contribution in [3.05, 3.63) is 35.7 Å². The summed E-state index contributed by atoms with van der Waals surface area (Å²) in [5.41, 5.74) is -0.00729. The Morgan fingerprint density at radius 2 is 1.80 bits per heavy atom. The highest BCUT2D eigenvalue weighted by Crippen LogP contribution is 2.31. The summed E-state index contributed by atoms with van der Waals surface area (Å²) in [7, 11) is -3.74. The summed E-state index contributed by atoms with van der Waals surface area (Å²) in [6, 6.07) is 1.98. The van der Waals surface area contributed by atoms with Gasteiger partial charge in [0.1, 0.15) is 23.9 Å². The predicted octanol–water partition coefficient (Wildman–Crippen LogP) is 2.11. The van der Waals surface area contributed by atoms with Crippen molar-refractivity contribution in [1.29, 1.82) is 0 Å². The number of hydrogen-bond donors (Lipinski definition) is 2. The van der Waals surface area contributed by atoms with Gasteiger partial charge in [0.25, 0.3) is 0 Å². The van der Waals surface area contributed by atoms with Crippen molar-refractivity contribution >= 4 is 21.3 Å². The van der Waals surface area contributed by atoms with E-state index in [1.807, 2.05) is 0 Å². The normalized spacial score (nSPS) is 23.8. The van der Waals surface area contributed by atoms with Crippen molar-refractivity contribution in [2.45, 2.75) is 42.8 Å². The van der Waals surface area contributed by atoms with Crippen LogP contribution in [-0.2, 0) is 14.6 Å². The summed E-state index contributed by atoms with van der Waals surface area (Å²) < 4.78 is 63.5. The number of ether oxygens (including phenoxy) is 2. The molecule has 2 atom stereocenters. The number of nitrogens with zero attached hydrogens (tertiary/aromatic N) is 2. The van der Waals surface area contributed by atoms with Crippen LogP contribution in [0, 0.1) is 18.6 Å². The molecule has 2 aliphatic rings. The first-order valence-corrected chi connectivity index (χ1v) is 11.4. The second-order valence-electron chi connectivity index (χ2n) is 7.62. The zero-order chi connectivity index (χ0) is 21.5. The molecule has 0 radical (unpaired) electrons. The van der Waals surface area contributed by atoms with E-state index in [2.05, 4.69) is 20.6 Å². The molecule has 2 aliphatic heterocycles. The van der Waals surface area contributed by atoms with E-state index in [1.165, 1.54) is 6.33 Å². The zero-order valence-electron chi connectivity index (χ0n) is 16.5.